The Morgan fingerprint density at radius 1 is 1.21 bits per heavy atom. The highest BCUT2D eigenvalue weighted by atomic mass is 19.4. The third-order valence-corrected chi connectivity index (χ3v) is 5.83. The molecular weight excluding hydrogens is 443 g/mol. The van der Waals surface area contributed by atoms with Gasteiger partial charge in [0, 0.05) is 37.7 Å². The summed E-state index contributed by atoms with van der Waals surface area (Å²) in [7, 11) is 0. The Kier molecular flexibility index (Phi) is 6.66. The quantitative estimate of drug-likeness (QED) is 0.624. The summed E-state index contributed by atoms with van der Waals surface area (Å²) in [6.07, 6.45) is -1.96. The molecule has 2 saturated heterocycles. The molecule has 4 heterocycles. The van der Waals surface area contributed by atoms with E-state index in [-0.39, 0.29) is 0 Å². The lowest BCUT2D eigenvalue weighted by molar-refractivity contribution is -0.192. The zero-order valence-electron chi connectivity index (χ0n) is 18.0. The molecule has 0 amide bonds. The van der Waals surface area contributed by atoms with Crippen molar-refractivity contribution in [2.75, 3.05) is 26.3 Å². The normalized spacial score (nSPS) is 18.1. The van der Waals surface area contributed by atoms with Crippen molar-refractivity contribution in [3.8, 4) is 5.95 Å². The van der Waals surface area contributed by atoms with Crippen LogP contribution < -0.4 is 0 Å². The molecule has 0 atom stereocenters. The van der Waals surface area contributed by atoms with Gasteiger partial charge in [-0.2, -0.15) is 27.9 Å². The number of aryl methyl sites for hydroxylation is 1. The number of hydrogen-bond donors (Lipinski definition) is 1. The van der Waals surface area contributed by atoms with Gasteiger partial charge in [0.2, 0.25) is 5.89 Å². The fourth-order valence-electron chi connectivity index (χ4n) is 4.04. The highest BCUT2D eigenvalue weighted by Gasteiger charge is 2.38. The number of aromatic nitrogens is 4. The summed E-state index contributed by atoms with van der Waals surface area (Å²) in [5.41, 5.74) is 2.08. The van der Waals surface area contributed by atoms with Gasteiger partial charge in [0.05, 0.1) is 17.1 Å². The van der Waals surface area contributed by atoms with Gasteiger partial charge in [-0.15, -0.1) is 0 Å². The van der Waals surface area contributed by atoms with Crippen LogP contribution in [0.4, 0.5) is 13.2 Å². The fourth-order valence-corrected chi connectivity index (χ4v) is 4.04. The lowest BCUT2D eigenvalue weighted by Gasteiger charge is -2.44. The van der Waals surface area contributed by atoms with Gasteiger partial charge in [-0.3, -0.25) is 4.90 Å². The first-order chi connectivity index (χ1) is 15.8. The van der Waals surface area contributed by atoms with E-state index in [1.165, 1.54) is 0 Å². The number of para-hydroxylation sites is 1. The average molecular weight is 467 g/mol. The van der Waals surface area contributed by atoms with Gasteiger partial charge in [0.25, 0.3) is 5.95 Å². The van der Waals surface area contributed by atoms with Crippen LogP contribution in [0.1, 0.15) is 37.3 Å². The minimum Gasteiger partial charge on any atom is -0.475 e. The van der Waals surface area contributed by atoms with E-state index in [4.69, 9.17) is 24.3 Å². The summed E-state index contributed by atoms with van der Waals surface area (Å²) in [6.45, 7) is 5.85. The number of benzene rings is 1. The minimum absolute atomic E-state index is 0.326. The molecule has 0 unspecified atom stereocenters. The first-order valence-corrected chi connectivity index (χ1v) is 10.7. The summed E-state index contributed by atoms with van der Waals surface area (Å²) < 4.78 is 44.6. The van der Waals surface area contributed by atoms with Crippen molar-refractivity contribution >= 4 is 16.9 Å². The van der Waals surface area contributed by atoms with Crippen molar-refractivity contribution < 1.29 is 32.3 Å². The van der Waals surface area contributed by atoms with Crippen LogP contribution in [0, 0.1) is 0 Å². The Morgan fingerprint density at radius 3 is 2.52 bits per heavy atom. The van der Waals surface area contributed by atoms with Crippen LogP contribution in [0.15, 0.2) is 28.8 Å². The molecule has 3 aromatic rings. The van der Waals surface area contributed by atoms with Crippen LogP contribution in [0.25, 0.3) is 16.9 Å². The number of nitrogens with zero attached hydrogens (tertiary/aromatic N) is 5. The molecule has 178 valence electrons. The van der Waals surface area contributed by atoms with Crippen LogP contribution in [-0.4, -0.2) is 74.4 Å². The molecule has 0 spiro atoms. The molecule has 1 aromatic carbocycles. The topological polar surface area (TPSA) is 107 Å². The van der Waals surface area contributed by atoms with Crippen molar-refractivity contribution in [1.82, 2.24) is 24.8 Å². The predicted octanol–water partition coefficient (Wildman–Crippen LogP) is 3.18. The number of halogens is 3. The Morgan fingerprint density at radius 2 is 1.88 bits per heavy atom. The second kappa shape index (κ2) is 9.48. The molecule has 2 aliphatic heterocycles. The number of rotatable bonds is 4. The maximum absolute atomic E-state index is 10.6. The number of likely N-dealkylation sites (tertiary alicyclic amines) is 1. The third kappa shape index (κ3) is 5.01. The summed E-state index contributed by atoms with van der Waals surface area (Å²) in [5, 5.41) is 17.2. The van der Waals surface area contributed by atoms with Gasteiger partial charge in [-0.25, -0.2) is 4.79 Å². The Labute approximate surface area is 187 Å². The van der Waals surface area contributed by atoms with Crippen molar-refractivity contribution in [2.45, 2.75) is 44.3 Å². The van der Waals surface area contributed by atoms with Crippen molar-refractivity contribution in [2.24, 2.45) is 0 Å². The SMILES string of the molecule is CCc1nn(-c2noc(C3CN(C4CCOCC4)C3)n2)c2ccccc12.O=C(O)C(F)(F)F. The number of carboxylic acid groups (broad SMARTS) is 1. The number of ether oxygens (including phenoxy) is 1. The molecule has 1 N–H and O–H groups in total. The van der Waals surface area contributed by atoms with E-state index >= 15 is 0 Å². The van der Waals surface area contributed by atoms with Crippen LogP contribution in [0.5, 0.6) is 0 Å². The minimum atomic E-state index is -5.08. The highest BCUT2D eigenvalue weighted by molar-refractivity contribution is 5.83. The van der Waals surface area contributed by atoms with Crippen LogP contribution in [-0.2, 0) is 16.0 Å². The smallest absolute Gasteiger partial charge is 0.475 e. The van der Waals surface area contributed by atoms with E-state index in [0.29, 0.717) is 17.9 Å². The summed E-state index contributed by atoms with van der Waals surface area (Å²) in [4.78, 5) is 16.1. The van der Waals surface area contributed by atoms with E-state index in [2.05, 4.69) is 28.0 Å². The van der Waals surface area contributed by atoms with Crippen LogP contribution in [0.2, 0.25) is 0 Å². The standard InChI is InChI=1S/C19H23N5O2.C2HF3O2/c1-2-16-15-5-3-4-6-17(15)24(21-16)19-20-18(26-22-19)13-11-23(12-13)14-7-9-25-10-8-14;3-2(4,5)1(6)7/h3-6,13-14H,2,7-12H2,1H3;(H,6,7). The van der Waals surface area contributed by atoms with E-state index in [9.17, 15) is 13.2 Å². The van der Waals surface area contributed by atoms with Gasteiger partial charge in [0.15, 0.2) is 0 Å². The second-order valence-corrected chi connectivity index (χ2v) is 7.96. The molecule has 2 aliphatic rings. The highest BCUT2D eigenvalue weighted by Crippen LogP contribution is 2.31. The van der Waals surface area contributed by atoms with Crippen molar-refractivity contribution in [1.29, 1.82) is 0 Å². The first kappa shape index (κ1) is 23.2. The van der Waals surface area contributed by atoms with Gasteiger partial charge < -0.3 is 14.4 Å². The Balaban J connectivity index is 0.000000325. The summed E-state index contributed by atoms with van der Waals surface area (Å²) in [5.74, 6) is -1.18. The fraction of sp³-hybridized carbons (Fsp3) is 0.524. The lowest BCUT2D eigenvalue weighted by atomic mass is 9.94. The van der Waals surface area contributed by atoms with Crippen LogP contribution >= 0.6 is 0 Å². The molecule has 2 fully saturated rings. The number of carboxylic acids is 1. The molecule has 2 aromatic heterocycles. The third-order valence-electron chi connectivity index (χ3n) is 5.83. The number of carbonyl (C=O) groups is 1. The average Bonchev–Trinajstić information content (AvgIpc) is 3.38. The van der Waals surface area contributed by atoms with E-state index in [1.807, 2.05) is 18.2 Å². The number of alkyl halides is 3. The monoisotopic (exact) mass is 467 g/mol. The van der Waals surface area contributed by atoms with E-state index in [1.54, 1.807) is 4.68 Å². The molecule has 33 heavy (non-hydrogen) atoms. The Hall–Kier alpha value is -2.99. The zero-order valence-corrected chi connectivity index (χ0v) is 18.0. The maximum Gasteiger partial charge on any atom is 0.490 e. The molecular formula is C21H24F3N5O4. The number of fused-ring (bicyclic) bond motifs is 1. The molecule has 0 bridgehead atoms. The second-order valence-electron chi connectivity index (χ2n) is 7.96. The van der Waals surface area contributed by atoms with Gasteiger partial charge in [-0.1, -0.05) is 25.1 Å². The molecule has 5 rings (SSSR count). The molecule has 0 aliphatic carbocycles. The molecule has 9 nitrogen and oxygen atoms in total. The Bertz CT molecular complexity index is 1100. The van der Waals surface area contributed by atoms with E-state index < -0.39 is 12.1 Å². The number of hydrogen-bond acceptors (Lipinski definition) is 7. The van der Waals surface area contributed by atoms with Gasteiger partial charge in [-0.05, 0) is 30.5 Å². The van der Waals surface area contributed by atoms with E-state index in [0.717, 1.165) is 68.1 Å². The summed E-state index contributed by atoms with van der Waals surface area (Å²) in [6, 6.07) is 8.83. The maximum atomic E-state index is 10.6. The largest absolute Gasteiger partial charge is 0.490 e. The summed E-state index contributed by atoms with van der Waals surface area (Å²) >= 11 is 0. The molecule has 0 radical (unpaired) electrons. The van der Waals surface area contributed by atoms with Gasteiger partial charge >= 0.3 is 12.1 Å². The lowest BCUT2D eigenvalue weighted by Crippen LogP contribution is -2.52. The van der Waals surface area contributed by atoms with Gasteiger partial charge in [0.1, 0.15) is 0 Å². The zero-order chi connectivity index (χ0) is 23.6. The van der Waals surface area contributed by atoms with Crippen molar-refractivity contribution in [3.05, 3.63) is 35.9 Å². The molecule has 0 saturated carbocycles. The number of aliphatic carboxylic acids is 1. The van der Waals surface area contributed by atoms with Crippen LogP contribution in [0.3, 0.4) is 0 Å². The molecule has 12 heteroatoms. The van der Waals surface area contributed by atoms with Crippen molar-refractivity contribution in [3.63, 3.8) is 0 Å². The predicted molar refractivity (Wildman–Crippen MR) is 110 cm³/mol. The first-order valence-electron chi connectivity index (χ1n) is 10.7.